The number of carboxylic acids is 1. The predicted octanol–water partition coefficient (Wildman–Crippen LogP) is 4.56. The molecular weight excluding hydrogens is 444 g/mol. The molecule has 2 aromatic carbocycles. The third-order valence-electron chi connectivity index (χ3n) is 7.49. The number of carboxylic acid groups (broad SMARTS) is 1. The largest absolute Gasteiger partial charge is 0.481 e. The van der Waals surface area contributed by atoms with Gasteiger partial charge in [-0.1, -0.05) is 35.4 Å². The fourth-order valence-corrected chi connectivity index (χ4v) is 5.98. The summed E-state index contributed by atoms with van der Waals surface area (Å²) in [7, 11) is 0. The van der Waals surface area contributed by atoms with Crippen molar-refractivity contribution in [2.75, 3.05) is 0 Å². The zero-order valence-electron chi connectivity index (χ0n) is 21.4. The zero-order valence-corrected chi connectivity index (χ0v) is 21.4. The molecule has 0 amide bonds. The Bertz CT molecular complexity index is 1120. The van der Waals surface area contributed by atoms with Crippen LogP contribution in [0.1, 0.15) is 76.0 Å². The van der Waals surface area contributed by atoms with E-state index in [0.717, 1.165) is 33.4 Å². The second kappa shape index (κ2) is 10.4. The Morgan fingerprint density at radius 1 is 0.686 bits per heavy atom. The molecule has 0 saturated heterocycles. The van der Waals surface area contributed by atoms with Crippen molar-refractivity contribution >= 4 is 17.5 Å². The van der Waals surface area contributed by atoms with E-state index < -0.39 is 47.5 Å². The van der Waals surface area contributed by atoms with Gasteiger partial charge in [0.15, 0.2) is 11.6 Å². The smallest absolute Gasteiger partial charge is 0.306 e. The molecule has 0 spiro atoms. The summed E-state index contributed by atoms with van der Waals surface area (Å²) in [4.78, 5) is 39.0. The highest BCUT2D eigenvalue weighted by atomic mass is 16.4. The van der Waals surface area contributed by atoms with Gasteiger partial charge in [0.05, 0.1) is 5.92 Å². The highest BCUT2D eigenvalue weighted by molar-refractivity contribution is 5.95. The molecule has 1 saturated carbocycles. The lowest BCUT2D eigenvalue weighted by Gasteiger charge is -2.35. The van der Waals surface area contributed by atoms with Gasteiger partial charge in [0, 0.05) is 11.8 Å². The van der Waals surface area contributed by atoms with Crippen LogP contribution in [0.3, 0.4) is 0 Å². The highest BCUT2D eigenvalue weighted by Crippen LogP contribution is 2.41. The standard InChI is InChI=1S/C29H36O6/c1-14-9-16(3)23(17(4)10-14)27(32)25(30)21-8-7-20(29(34)35)13-22(21)26(31)28(33)24-18(5)11-15(2)12-19(24)6/h9-12,20-22,27-28,32-33H,7-8,13H2,1-6H3,(H,34,35). The third kappa shape index (κ3) is 5.39. The molecular formula is C29H36O6. The maximum atomic E-state index is 13.6. The lowest BCUT2D eigenvalue weighted by atomic mass is 9.67. The summed E-state index contributed by atoms with van der Waals surface area (Å²) in [6, 6.07) is 7.56. The molecule has 1 aliphatic carbocycles. The molecule has 5 unspecified atom stereocenters. The average Bonchev–Trinajstić information content (AvgIpc) is 2.76. The minimum Gasteiger partial charge on any atom is -0.481 e. The number of aliphatic hydroxyl groups excluding tert-OH is 2. The van der Waals surface area contributed by atoms with Crippen molar-refractivity contribution in [3.05, 3.63) is 68.8 Å². The molecule has 0 aromatic heterocycles. The number of hydrogen-bond acceptors (Lipinski definition) is 5. The first kappa shape index (κ1) is 26.8. The number of carbonyl (C=O) groups is 3. The molecule has 1 fully saturated rings. The van der Waals surface area contributed by atoms with Crippen LogP contribution in [0.15, 0.2) is 24.3 Å². The molecule has 0 aliphatic heterocycles. The van der Waals surface area contributed by atoms with Crippen molar-refractivity contribution in [1.29, 1.82) is 0 Å². The van der Waals surface area contributed by atoms with Gasteiger partial charge in [0.25, 0.3) is 0 Å². The number of ketones is 2. The van der Waals surface area contributed by atoms with Crippen LogP contribution in [0.4, 0.5) is 0 Å². The van der Waals surface area contributed by atoms with Gasteiger partial charge in [-0.15, -0.1) is 0 Å². The van der Waals surface area contributed by atoms with E-state index in [9.17, 15) is 29.7 Å². The SMILES string of the molecule is Cc1cc(C)c(C(O)C(=O)C2CCC(C(=O)O)CC2C(=O)C(O)c2c(C)cc(C)cc2C)c(C)c1. The number of aryl methyl sites for hydroxylation is 6. The first-order chi connectivity index (χ1) is 16.3. The zero-order chi connectivity index (χ0) is 26.2. The van der Waals surface area contributed by atoms with Gasteiger partial charge in [-0.05, 0) is 94.2 Å². The van der Waals surface area contributed by atoms with Crippen LogP contribution >= 0.6 is 0 Å². The number of aliphatic carboxylic acids is 1. The molecule has 3 rings (SSSR count). The van der Waals surface area contributed by atoms with Crippen LogP contribution in [0.2, 0.25) is 0 Å². The summed E-state index contributed by atoms with van der Waals surface area (Å²) in [6.45, 7) is 11.2. The van der Waals surface area contributed by atoms with Gasteiger partial charge in [0.2, 0.25) is 0 Å². The Morgan fingerprint density at radius 2 is 1.06 bits per heavy atom. The number of Topliss-reactive ketones (excluding diaryl/α,β-unsaturated/α-hetero) is 2. The molecule has 6 heteroatoms. The summed E-state index contributed by atoms with van der Waals surface area (Å²) in [5, 5.41) is 31.8. The van der Waals surface area contributed by atoms with E-state index in [-0.39, 0.29) is 19.3 Å². The van der Waals surface area contributed by atoms with Crippen LogP contribution < -0.4 is 0 Å². The van der Waals surface area contributed by atoms with Crippen molar-refractivity contribution in [2.45, 2.75) is 73.0 Å². The Labute approximate surface area is 207 Å². The first-order valence-electron chi connectivity index (χ1n) is 12.1. The number of rotatable bonds is 7. The van der Waals surface area contributed by atoms with E-state index in [2.05, 4.69) is 0 Å². The maximum absolute atomic E-state index is 13.6. The van der Waals surface area contributed by atoms with Gasteiger partial charge in [-0.3, -0.25) is 14.4 Å². The molecule has 5 atom stereocenters. The van der Waals surface area contributed by atoms with E-state index in [0.29, 0.717) is 11.1 Å². The molecule has 2 aromatic rings. The number of hydrogen-bond donors (Lipinski definition) is 3. The maximum Gasteiger partial charge on any atom is 0.306 e. The van der Waals surface area contributed by atoms with Gasteiger partial charge in [-0.2, -0.15) is 0 Å². The van der Waals surface area contributed by atoms with Crippen LogP contribution in [0.25, 0.3) is 0 Å². The monoisotopic (exact) mass is 480 g/mol. The van der Waals surface area contributed by atoms with Crippen molar-refractivity contribution in [3.8, 4) is 0 Å². The van der Waals surface area contributed by atoms with Gasteiger partial charge < -0.3 is 15.3 Å². The summed E-state index contributed by atoms with van der Waals surface area (Å²) in [5.41, 5.74) is 6.16. The molecule has 188 valence electrons. The van der Waals surface area contributed by atoms with Crippen molar-refractivity contribution in [1.82, 2.24) is 0 Å². The quantitative estimate of drug-likeness (QED) is 0.536. The number of aliphatic hydroxyl groups is 2. The number of benzene rings is 2. The van der Waals surface area contributed by atoms with Crippen LogP contribution in [-0.4, -0.2) is 32.9 Å². The van der Waals surface area contributed by atoms with E-state index in [1.54, 1.807) is 0 Å². The summed E-state index contributed by atoms with van der Waals surface area (Å²) >= 11 is 0. The summed E-state index contributed by atoms with van der Waals surface area (Å²) in [6.07, 6.45) is -2.51. The number of carbonyl (C=O) groups excluding carboxylic acids is 2. The lowest BCUT2D eigenvalue weighted by Crippen LogP contribution is -2.41. The fourth-order valence-electron chi connectivity index (χ4n) is 5.98. The van der Waals surface area contributed by atoms with Crippen LogP contribution in [0, 0.1) is 59.3 Å². The first-order valence-corrected chi connectivity index (χ1v) is 12.1. The molecule has 3 N–H and O–H groups in total. The normalized spacial score (nSPS) is 21.9. The Balaban J connectivity index is 1.98. The van der Waals surface area contributed by atoms with Crippen molar-refractivity contribution in [2.24, 2.45) is 17.8 Å². The molecule has 0 heterocycles. The fraction of sp³-hybridized carbons (Fsp3) is 0.483. The van der Waals surface area contributed by atoms with E-state index >= 15 is 0 Å². The van der Waals surface area contributed by atoms with Crippen molar-refractivity contribution in [3.63, 3.8) is 0 Å². The minimum atomic E-state index is -1.47. The summed E-state index contributed by atoms with van der Waals surface area (Å²) in [5.74, 6) is -4.71. The Morgan fingerprint density at radius 3 is 1.43 bits per heavy atom. The molecule has 1 aliphatic rings. The second-order valence-electron chi connectivity index (χ2n) is 10.3. The van der Waals surface area contributed by atoms with Gasteiger partial charge in [0.1, 0.15) is 12.2 Å². The highest BCUT2D eigenvalue weighted by Gasteiger charge is 2.45. The van der Waals surface area contributed by atoms with E-state index in [4.69, 9.17) is 0 Å². The topological polar surface area (TPSA) is 112 Å². The molecule has 35 heavy (non-hydrogen) atoms. The third-order valence-corrected chi connectivity index (χ3v) is 7.49. The Kier molecular flexibility index (Phi) is 7.97. The van der Waals surface area contributed by atoms with Gasteiger partial charge >= 0.3 is 5.97 Å². The molecule has 0 radical (unpaired) electrons. The van der Waals surface area contributed by atoms with E-state index in [1.807, 2.05) is 65.8 Å². The van der Waals surface area contributed by atoms with Crippen LogP contribution in [0.5, 0.6) is 0 Å². The van der Waals surface area contributed by atoms with Crippen molar-refractivity contribution < 1.29 is 29.7 Å². The van der Waals surface area contributed by atoms with Crippen LogP contribution in [-0.2, 0) is 14.4 Å². The predicted molar refractivity (Wildman–Crippen MR) is 133 cm³/mol. The lowest BCUT2D eigenvalue weighted by molar-refractivity contribution is -0.150. The van der Waals surface area contributed by atoms with Gasteiger partial charge in [-0.25, -0.2) is 0 Å². The minimum absolute atomic E-state index is 0.0375. The van der Waals surface area contributed by atoms with E-state index in [1.165, 1.54) is 0 Å². The second-order valence-corrected chi connectivity index (χ2v) is 10.3. The molecule has 6 nitrogen and oxygen atoms in total. The Hall–Kier alpha value is -2.83. The average molecular weight is 481 g/mol. The molecule has 0 bridgehead atoms. The summed E-state index contributed by atoms with van der Waals surface area (Å²) < 4.78 is 0.